The Bertz CT molecular complexity index is 424. The average molecular weight is 342 g/mol. The van der Waals surface area contributed by atoms with Gasteiger partial charge in [0.25, 0.3) is 0 Å². The molecule has 0 saturated carbocycles. The van der Waals surface area contributed by atoms with Gasteiger partial charge in [-0.1, -0.05) is 37.3 Å². The number of hydrogen-bond acceptors (Lipinski definition) is 1. The molecule has 0 N–H and O–H groups in total. The maximum Gasteiger partial charge on any atom is 0.222 e. The van der Waals surface area contributed by atoms with Crippen LogP contribution < -0.4 is 0 Å². The molecule has 1 saturated heterocycles. The first-order valence-corrected chi connectivity index (χ1v) is 7.28. The normalized spacial score (nSPS) is 22.8. The van der Waals surface area contributed by atoms with Crippen molar-refractivity contribution in [3.8, 4) is 0 Å². The van der Waals surface area contributed by atoms with Gasteiger partial charge in [0.2, 0.25) is 5.91 Å². The Morgan fingerprint density at radius 2 is 1.90 bits per heavy atom. The van der Waals surface area contributed by atoms with E-state index in [1.807, 2.05) is 11.8 Å². The van der Waals surface area contributed by atoms with Crippen molar-refractivity contribution in [3.05, 3.63) is 35.9 Å². The Hall–Kier alpha value is -0.870. The summed E-state index contributed by atoms with van der Waals surface area (Å²) in [5.41, 5.74) is 1.39. The lowest BCUT2D eigenvalue weighted by Gasteiger charge is -2.33. The number of likely N-dealkylation sites (N-methyl/N-ethyl adjacent to an activating group) is 1. The van der Waals surface area contributed by atoms with Crippen molar-refractivity contribution in [1.29, 1.82) is 0 Å². The number of halogens is 1. The van der Waals surface area contributed by atoms with Crippen molar-refractivity contribution in [2.24, 2.45) is 0 Å². The van der Waals surface area contributed by atoms with Crippen molar-refractivity contribution in [1.82, 2.24) is 4.90 Å². The van der Waals surface area contributed by atoms with Crippen LogP contribution in [0.15, 0.2) is 30.3 Å². The predicted molar refractivity (Wildman–Crippen MR) is 87.9 cm³/mol. The van der Waals surface area contributed by atoms with Crippen LogP contribution in [0.25, 0.3) is 0 Å². The van der Waals surface area contributed by atoms with Crippen molar-refractivity contribution in [2.45, 2.75) is 26.3 Å². The van der Waals surface area contributed by atoms with E-state index in [0.717, 1.165) is 43.6 Å². The fourth-order valence-electron chi connectivity index (χ4n) is 2.88. The minimum Gasteiger partial charge on any atom is -0.337 e. The summed E-state index contributed by atoms with van der Waals surface area (Å²) >= 11 is 0. The van der Waals surface area contributed by atoms with Gasteiger partial charge < -0.3 is 9.38 Å². The molecule has 1 fully saturated rings. The van der Waals surface area contributed by atoms with Gasteiger partial charge in [0, 0.05) is 24.9 Å². The molecule has 0 aromatic heterocycles. The van der Waals surface area contributed by atoms with Crippen LogP contribution in [0.4, 0.5) is 0 Å². The smallest absolute Gasteiger partial charge is 0.222 e. The average Bonchev–Trinajstić information content (AvgIpc) is 2.61. The third-order valence-corrected chi connectivity index (χ3v) is 4.10. The second kappa shape index (κ2) is 7.79. The van der Waals surface area contributed by atoms with Crippen LogP contribution in [0.1, 0.15) is 25.3 Å². The number of rotatable bonds is 3. The molecule has 1 amide bonds. The van der Waals surface area contributed by atoms with E-state index < -0.39 is 0 Å². The van der Waals surface area contributed by atoms with E-state index in [1.54, 1.807) is 0 Å². The highest BCUT2D eigenvalue weighted by molar-refractivity contribution is 8.93. The molecule has 1 aliphatic heterocycles. The Morgan fingerprint density at radius 1 is 1.20 bits per heavy atom. The zero-order chi connectivity index (χ0) is 13.7. The Balaban J connectivity index is 0.00000200. The fourth-order valence-corrected chi connectivity index (χ4v) is 2.88. The SMILES string of the molecule is Br.CCC(=O)N1CCC[N+](C)(Cc2ccccc2)CC1. The van der Waals surface area contributed by atoms with Gasteiger partial charge in [0.1, 0.15) is 6.54 Å². The Morgan fingerprint density at radius 3 is 2.55 bits per heavy atom. The van der Waals surface area contributed by atoms with Crippen LogP contribution >= 0.6 is 17.0 Å². The van der Waals surface area contributed by atoms with Crippen LogP contribution in [0.3, 0.4) is 0 Å². The minimum atomic E-state index is 0. The molecule has 0 aliphatic carbocycles. The molecule has 0 radical (unpaired) electrons. The molecule has 0 spiro atoms. The van der Waals surface area contributed by atoms with Crippen molar-refractivity contribution < 1.29 is 9.28 Å². The summed E-state index contributed by atoms with van der Waals surface area (Å²) in [6, 6.07) is 10.7. The molecular formula is C16H26BrN2O+. The summed E-state index contributed by atoms with van der Waals surface area (Å²) in [5.74, 6) is 0.299. The lowest BCUT2D eigenvalue weighted by atomic mass is 10.2. The molecule has 1 aliphatic rings. The minimum absolute atomic E-state index is 0. The Labute approximate surface area is 132 Å². The number of quaternary nitrogens is 1. The summed E-state index contributed by atoms with van der Waals surface area (Å²) in [7, 11) is 2.31. The molecule has 1 atom stereocenters. The largest absolute Gasteiger partial charge is 0.337 e. The zero-order valence-electron chi connectivity index (χ0n) is 12.5. The van der Waals surface area contributed by atoms with Gasteiger partial charge in [0.05, 0.1) is 26.7 Å². The topological polar surface area (TPSA) is 20.3 Å². The molecule has 20 heavy (non-hydrogen) atoms. The molecule has 4 heteroatoms. The first-order chi connectivity index (χ1) is 9.13. The molecular weight excluding hydrogens is 316 g/mol. The van der Waals surface area contributed by atoms with Crippen LogP contribution in [-0.2, 0) is 11.3 Å². The van der Waals surface area contributed by atoms with Gasteiger partial charge in [-0.25, -0.2) is 0 Å². The van der Waals surface area contributed by atoms with E-state index in [1.165, 1.54) is 5.56 Å². The predicted octanol–water partition coefficient (Wildman–Crippen LogP) is 2.85. The zero-order valence-corrected chi connectivity index (χ0v) is 14.3. The third kappa shape index (κ3) is 4.60. The lowest BCUT2D eigenvalue weighted by molar-refractivity contribution is -0.920. The molecule has 0 bridgehead atoms. The molecule has 3 nitrogen and oxygen atoms in total. The standard InChI is InChI=1S/C16H25N2O.BrH/c1-3-16(19)17-10-7-12-18(2,13-11-17)14-15-8-5-4-6-9-15;/h4-6,8-9H,3,7,10-14H2,1-2H3;1H/q+1;. The van der Waals surface area contributed by atoms with E-state index in [0.29, 0.717) is 12.3 Å². The summed E-state index contributed by atoms with van der Waals surface area (Å²) in [6.45, 7) is 7.05. The number of carbonyl (C=O) groups is 1. The van der Waals surface area contributed by atoms with Crippen molar-refractivity contribution >= 4 is 22.9 Å². The number of carbonyl (C=O) groups excluding carboxylic acids is 1. The van der Waals surface area contributed by atoms with Gasteiger partial charge in [-0.2, -0.15) is 0 Å². The molecule has 1 unspecified atom stereocenters. The Kier molecular flexibility index (Phi) is 6.69. The van der Waals surface area contributed by atoms with E-state index in [2.05, 4.69) is 37.4 Å². The van der Waals surface area contributed by atoms with E-state index >= 15 is 0 Å². The highest BCUT2D eigenvalue weighted by Gasteiger charge is 2.27. The molecule has 1 aromatic carbocycles. The molecule has 1 aromatic rings. The monoisotopic (exact) mass is 341 g/mol. The van der Waals surface area contributed by atoms with Gasteiger partial charge in [0.15, 0.2) is 0 Å². The van der Waals surface area contributed by atoms with Gasteiger partial charge in [-0.15, -0.1) is 17.0 Å². The van der Waals surface area contributed by atoms with Crippen molar-refractivity contribution in [2.75, 3.05) is 33.2 Å². The van der Waals surface area contributed by atoms with Crippen LogP contribution in [0, 0.1) is 0 Å². The first kappa shape index (κ1) is 17.2. The second-order valence-corrected chi connectivity index (χ2v) is 5.80. The van der Waals surface area contributed by atoms with E-state index in [-0.39, 0.29) is 17.0 Å². The molecule has 1 heterocycles. The first-order valence-electron chi connectivity index (χ1n) is 7.28. The van der Waals surface area contributed by atoms with Gasteiger partial charge in [-0.3, -0.25) is 4.79 Å². The van der Waals surface area contributed by atoms with E-state index in [9.17, 15) is 4.79 Å². The number of hydrogen-bond donors (Lipinski definition) is 0. The van der Waals surface area contributed by atoms with E-state index in [4.69, 9.17) is 0 Å². The van der Waals surface area contributed by atoms with Gasteiger partial charge >= 0.3 is 0 Å². The van der Waals surface area contributed by atoms with Crippen molar-refractivity contribution in [3.63, 3.8) is 0 Å². The summed E-state index contributed by atoms with van der Waals surface area (Å²) in [6.07, 6.45) is 1.73. The molecule has 2 rings (SSSR count). The lowest BCUT2D eigenvalue weighted by Crippen LogP contribution is -2.46. The summed E-state index contributed by atoms with van der Waals surface area (Å²) in [4.78, 5) is 13.8. The summed E-state index contributed by atoms with van der Waals surface area (Å²) in [5, 5.41) is 0. The van der Waals surface area contributed by atoms with Crippen LogP contribution in [0.2, 0.25) is 0 Å². The fraction of sp³-hybridized carbons (Fsp3) is 0.562. The van der Waals surface area contributed by atoms with Crippen LogP contribution in [0.5, 0.6) is 0 Å². The maximum atomic E-state index is 11.8. The highest BCUT2D eigenvalue weighted by atomic mass is 79.9. The number of nitrogens with zero attached hydrogens (tertiary/aromatic N) is 2. The quantitative estimate of drug-likeness (QED) is 0.774. The number of benzene rings is 1. The number of amides is 1. The second-order valence-electron chi connectivity index (χ2n) is 5.80. The summed E-state index contributed by atoms with van der Waals surface area (Å²) < 4.78 is 1.04. The van der Waals surface area contributed by atoms with Gasteiger partial charge in [-0.05, 0) is 0 Å². The molecule has 112 valence electrons. The third-order valence-electron chi connectivity index (χ3n) is 4.10. The highest BCUT2D eigenvalue weighted by Crippen LogP contribution is 2.16. The maximum absolute atomic E-state index is 11.8. The van der Waals surface area contributed by atoms with Crippen LogP contribution in [-0.4, -0.2) is 48.5 Å².